The summed E-state index contributed by atoms with van der Waals surface area (Å²) in [7, 11) is 0. The van der Waals surface area contributed by atoms with Crippen LogP contribution in [0.25, 0.3) is 90.8 Å². The SMILES string of the molecule is Cc1cc(Cl)ccc1NC(=O)c1ccc(-c2c(-c3ccc(F)cc3)ncn2C2CCCC2)o1.O=C(Nc1ccc(Cl)cc1)c1ccc(-c2c(-c3ccc(F)cc3)ncn2C2CCCC2)o1.O=C(Nc1ccccc1Br)c1ccc(-c2c(-c3ccc(F)cc3)ncn2C2CCCC2)o1.O=C(Nc1ccccc1Cl)c1ccc(-c2c(-c3ccc(F)cc3)ncn2C2CCCC2)o1. The molecule has 4 saturated carbocycles. The number of amides is 4. The van der Waals surface area contributed by atoms with E-state index in [2.05, 4.69) is 75.4 Å². The minimum atomic E-state index is -0.389. The van der Waals surface area contributed by atoms with Crippen molar-refractivity contribution >= 4 is 97.1 Å². The fourth-order valence-corrected chi connectivity index (χ4v) is 18.0. The van der Waals surface area contributed by atoms with Gasteiger partial charge in [-0.1, -0.05) is 110 Å². The summed E-state index contributed by atoms with van der Waals surface area (Å²) < 4.78 is 87.3. The maximum Gasteiger partial charge on any atom is 0.291 e. The van der Waals surface area contributed by atoms with E-state index in [1.165, 1.54) is 87.1 Å². The lowest BCUT2D eigenvalue weighted by molar-refractivity contribution is 0.0990. The molecule has 0 saturated heterocycles. The molecular formula is C101H86BrCl3F4N12O8. The third-order valence-corrected chi connectivity index (χ3v) is 25.1. The van der Waals surface area contributed by atoms with Crippen molar-refractivity contribution in [1.29, 1.82) is 0 Å². The van der Waals surface area contributed by atoms with E-state index >= 15 is 0 Å². The Morgan fingerprint density at radius 1 is 0.333 bits per heavy atom. The second-order valence-electron chi connectivity index (χ2n) is 32.1. The Balaban J connectivity index is 0.000000121. The number of benzene rings is 8. The number of hydrogen-bond donors (Lipinski definition) is 4. The predicted octanol–water partition coefficient (Wildman–Crippen LogP) is 28.3. The van der Waals surface area contributed by atoms with E-state index in [9.17, 15) is 36.7 Å². The summed E-state index contributed by atoms with van der Waals surface area (Å²) in [6.07, 6.45) is 25.2. The Morgan fingerprint density at radius 3 is 0.938 bits per heavy atom. The second kappa shape index (κ2) is 39.9. The molecule has 0 spiro atoms. The molecule has 0 radical (unpaired) electrons. The van der Waals surface area contributed by atoms with Crippen molar-refractivity contribution in [3.05, 3.63) is 333 Å². The summed E-state index contributed by atoms with van der Waals surface area (Å²) in [5.41, 5.74) is 12.5. The van der Waals surface area contributed by atoms with Gasteiger partial charge in [0.1, 0.15) is 46.0 Å². The number of aromatic nitrogens is 8. The molecule has 8 aromatic heterocycles. The van der Waals surface area contributed by atoms with Gasteiger partial charge in [-0.25, -0.2) is 37.5 Å². The van der Waals surface area contributed by atoms with Crippen molar-refractivity contribution in [3.63, 3.8) is 0 Å². The number of nitrogens with one attached hydrogen (secondary N) is 4. The van der Waals surface area contributed by atoms with Gasteiger partial charge in [0.2, 0.25) is 0 Å². The smallest absolute Gasteiger partial charge is 0.291 e. The van der Waals surface area contributed by atoms with Crippen LogP contribution in [0.3, 0.4) is 0 Å². The van der Waals surface area contributed by atoms with Gasteiger partial charge in [-0.2, -0.15) is 0 Å². The number of para-hydroxylation sites is 2. The van der Waals surface area contributed by atoms with Gasteiger partial charge in [0.25, 0.3) is 23.6 Å². The largest absolute Gasteiger partial charge is 0.449 e. The Bertz CT molecular complexity index is 6450. The summed E-state index contributed by atoms with van der Waals surface area (Å²) in [6, 6.07) is 66.7. The summed E-state index contributed by atoms with van der Waals surface area (Å²) >= 11 is 21.5. The molecule has 20 nitrogen and oxygen atoms in total. The van der Waals surface area contributed by atoms with Crippen LogP contribution in [-0.2, 0) is 0 Å². The number of carbonyl (C=O) groups is 4. The Morgan fingerprint density at radius 2 is 0.620 bits per heavy atom. The van der Waals surface area contributed by atoms with E-state index in [1.807, 2.05) is 56.5 Å². The molecule has 4 aliphatic rings. The minimum absolute atomic E-state index is 0.171. The number of anilines is 4. The first-order valence-electron chi connectivity index (χ1n) is 42.8. The Hall–Kier alpha value is -13.3. The number of aryl methyl sites for hydroxylation is 1. The first-order chi connectivity index (χ1) is 62.8. The third-order valence-electron chi connectivity index (χ3n) is 23.6. The molecule has 8 heterocycles. The van der Waals surface area contributed by atoms with Crippen LogP contribution in [-0.4, -0.2) is 61.8 Å². The Labute approximate surface area is 763 Å². The summed E-state index contributed by atoms with van der Waals surface area (Å²) in [4.78, 5) is 69.7. The van der Waals surface area contributed by atoms with E-state index < -0.39 is 0 Å². The molecule has 129 heavy (non-hydrogen) atoms. The lowest BCUT2D eigenvalue weighted by atomic mass is 10.1. The highest BCUT2D eigenvalue weighted by Gasteiger charge is 2.32. The van der Waals surface area contributed by atoms with Gasteiger partial charge in [-0.05, 0) is 292 Å². The summed E-state index contributed by atoms with van der Waals surface area (Å²) in [5.74, 6) is 0.350. The van der Waals surface area contributed by atoms with Gasteiger partial charge in [0.05, 0.1) is 64.5 Å². The zero-order valence-electron chi connectivity index (χ0n) is 69.8. The molecule has 16 aromatic rings. The van der Waals surface area contributed by atoms with Crippen molar-refractivity contribution in [2.75, 3.05) is 21.3 Å². The highest BCUT2D eigenvalue weighted by Crippen LogP contribution is 2.45. The van der Waals surface area contributed by atoms with Gasteiger partial charge in [0.15, 0.2) is 46.1 Å². The lowest BCUT2D eigenvalue weighted by Crippen LogP contribution is -2.11. The number of halogens is 8. The quantitative estimate of drug-likeness (QED) is 0.0521. The molecule has 4 fully saturated rings. The van der Waals surface area contributed by atoms with Crippen LogP contribution in [0, 0.1) is 30.2 Å². The topological polar surface area (TPSA) is 240 Å². The van der Waals surface area contributed by atoms with Crippen LogP contribution in [0.5, 0.6) is 0 Å². The van der Waals surface area contributed by atoms with E-state index in [0.717, 1.165) is 119 Å². The summed E-state index contributed by atoms with van der Waals surface area (Å²) in [6.45, 7) is 1.88. The number of nitrogens with zero attached hydrogens (tertiary/aromatic N) is 8. The normalized spacial score (nSPS) is 14.1. The predicted molar refractivity (Wildman–Crippen MR) is 496 cm³/mol. The number of rotatable bonds is 20. The maximum absolute atomic E-state index is 13.5. The molecule has 0 bridgehead atoms. The average molecular weight is 1860 g/mol. The van der Waals surface area contributed by atoms with Crippen molar-refractivity contribution in [3.8, 4) is 90.8 Å². The molecule has 4 amide bonds. The lowest BCUT2D eigenvalue weighted by Gasteiger charge is -2.15. The van der Waals surface area contributed by atoms with Crippen LogP contribution in [0.2, 0.25) is 15.1 Å². The molecule has 4 N–H and O–H groups in total. The number of imidazole rings is 4. The fourth-order valence-electron chi connectivity index (χ4n) is 17.1. The molecule has 0 atom stereocenters. The monoisotopic (exact) mass is 1850 g/mol. The number of furan rings is 4. The second-order valence-corrected chi connectivity index (χ2v) is 34.2. The first-order valence-corrected chi connectivity index (χ1v) is 44.7. The van der Waals surface area contributed by atoms with Crippen molar-refractivity contribution in [1.82, 2.24) is 38.2 Å². The van der Waals surface area contributed by atoms with Crippen molar-refractivity contribution < 1.29 is 54.4 Å². The molecule has 4 aliphatic carbocycles. The summed E-state index contributed by atoms with van der Waals surface area (Å²) in [5, 5.41) is 13.0. The van der Waals surface area contributed by atoms with E-state index in [0.29, 0.717) is 108 Å². The zero-order chi connectivity index (χ0) is 89.2. The maximum atomic E-state index is 13.5. The highest BCUT2D eigenvalue weighted by atomic mass is 79.9. The van der Waals surface area contributed by atoms with Gasteiger partial charge < -0.3 is 57.2 Å². The minimum Gasteiger partial charge on any atom is -0.449 e. The number of carbonyl (C=O) groups excluding carboxylic acids is 4. The van der Waals surface area contributed by atoms with Crippen molar-refractivity contribution in [2.45, 2.75) is 134 Å². The van der Waals surface area contributed by atoms with Crippen LogP contribution >= 0.6 is 50.7 Å². The molecule has 20 rings (SSSR count). The van der Waals surface area contributed by atoms with Gasteiger partial charge in [-0.3, -0.25) is 19.2 Å². The Kier molecular flexibility index (Phi) is 27.1. The van der Waals surface area contributed by atoms with Crippen LogP contribution < -0.4 is 21.3 Å². The fraction of sp³-hybridized carbons (Fsp3) is 0.208. The third kappa shape index (κ3) is 20.3. The molecule has 0 aliphatic heterocycles. The highest BCUT2D eigenvalue weighted by molar-refractivity contribution is 9.10. The van der Waals surface area contributed by atoms with Crippen molar-refractivity contribution in [2.24, 2.45) is 0 Å². The zero-order valence-corrected chi connectivity index (χ0v) is 73.7. The standard InChI is InChI=1S/C26H23ClFN3O2.C25H21BrFN3O2.2C25H21ClFN3O2/c1-16-14-18(27)8-11-21(16)30-26(32)23-13-12-22(33-23)25-24(17-6-9-19(28)10-7-17)29-15-31(25)20-4-2-3-5-20;2*26-19-7-3-4-8-20(19)29-25(31)22-14-13-21(32-22)24-23(16-9-11-17(27)12-10-16)28-15-30(24)18-5-1-2-6-18;26-17-7-11-19(12-8-17)29-25(31)22-14-13-21(32-22)24-23(16-5-9-18(27)10-6-16)28-15-30(24)20-3-1-2-4-20/h6-15,20H,2-5H2,1H3,(H,30,32);2*3-4,7-15,18H,1-2,5-6H2,(H,29,31);5-15,20H,1-4H2,(H,29,31). The molecule has 28 heteroatoms. The van der Waals surface area contributed by atoms with Crippen LogP contribution in [0.1, 0.15) is 175 Å². The average Bonchev–Trinajstić information content (AvgIpc) is 1.64. The molecule has 0 unspecified atom stereocenters. The molecule has 8 aromatic carbocycles. The van der Waals surface area contributed by atoms with Crippen LogP contribution in [0.15, 0.2) is 284 Å². The molecule has 654 valence electrons. The first kappa shape index (κ1) is 87.7. The van der Waals surface area contributed by atoms with Gasteiger partial charge >= 0.3 is 0 Å². The van der Waals surface area contributed by atoms with E-state index in [-0.39, 0.29) is 69.9 Å². The van der Waals surface area contributed by atoms with Gasteiger partial charge in [-0.15, -0.1) is 0 Å². The molecular weight excluding hydrogens is 1770 g/mol. The number of hydrogen-bond acceptors (Lipinski definition) is 12. The van der Waals surface area contributed by atoms with E-state index in [4.69, 9.17) is 52.5 Å². The van der Waals surface area contributed by atoms with E-state index in [1.54, 1.807) is 164 Å². The van der Waals surface area contributed by atoms with Crippen LogP contribution in [0.4, 0.5) is 40.3 Å². The van der Waals surface area contributed by atoms with Gasteiger partial charge in [0, 0.05) is 72.3 Å².